The minimum Gasteiger partial charge on any atom is -0.385 e. The van der Waals surface area contributed by atoms with E-state index in [1.165, 1.54) is 56.1 Å². The lowest BCUT2D eigenvalue weighted by Gasteiger charge is -2.26. The van der Waals surface area contributed by atoms with Crippen LogP contribution in [0.1, 0.15) is 49.7 Å². The maximum absolute atomic E-state index is 6.12. The van der Waals surface area contributed by atoms with Gasteiger partial charge >= 0.3 is 0 Å². The van der Waals surface area contributed by atoms with Crippen molar-refractivity contribution in [3.05, 3.63) is 29.3 Å². The molecule has 0 saturated heterocycles. The molecule has 0 radical (unpaired) electrons. The monoisotopic (exact) mass is 443 g/mol. The highest BCUT2D eigenvalue weighted by Crippen LogP contribution is 2.41. The molecule has 1 aromatic carbocycles. The first kappa shape index (κ1) is 19.5. The molecule has 24 heavy (non-hydrogen) atoms. The number of hydrogen-bond acceptors (Lipinski definition) is 2. The summed E-state index contributed by atoms with van der Waals surface area (Å²) < 4.78 is 5.28. The SMILES string of the molecule is COCCC1(CN=C(N)Nc2ccc3c(c2)CCC3)CCCC1.I. The molecule has 0 amide bonds. The molecule has 1 saturated carbocycles. The predicted molar refractivity (Wildman–Crippen MR) is 111 cm³/mol. The first-order valence-corrected chi connectivity index (χ1v) is 8.88. The molecule has 3 N–H and O–H groups in total. The van der Waals surface area contributed by atoms with Gasteiger partial charge in [-0.15, -0.1) is 24.0 Å². The fraction of sp³-hybridized carbons (Fsp3) is 0.632. The smallest absolute Gasteiger partial charge is 0.193 e. The van der Waals surface area contributed by atoms with Crippen LogP contribution in [0.5, 0.6) is 0 Å². The maximum Gasteiger partial charge on any atom is 0.193 e. The van der Waals surface area contributed by atoms with E-state index in [0.29, 0.717) is 11.4 Å². The minimum atomic E-state index is 0. The van der Waals surface area contributed by atoms with E-state index in [-0.39, 0.29) is 24.0 Å². The average molecular weight is 443 g/mol. The van der Waals surface area contributed by atoms with Crippen LogP contribution in [0.4, 0.5) is 5.69 Å². The molecule has 1 aromatic rings. The Kier molecular flexibility index (Phi) is 7.34. The van der Waals surface area contributed by atoms with Gasteiger partial charge in [0.15, 0.2) is 5.96 Å². The van der Waals surface area contributed by atoms with Gasteiger partial charge in [0, 0.05) is 25.9 Å². The number of guanidine groups is 1. The molecule has 3 rings (SSSR count). The van der Waals surface area contributed by atoms with E-state index in [4.69, 9.17) is 10.5 Å². The van der Waals surface area contributed by atoms with Crippen molar-refractivity contribution in [2.45, 2.75) is 51.4 Å². The molecule has 0 bridgehead atoms. The van der Waals surface area contributed by atoms with Crippen molar-refractivity contribution in [1.29, 1.82) is 0 Å². The summed E-state index contributed by atoms with van der Waals surface area (Å²) in [6.07, 6.45) is 9.83. The molecular formula is C19H30IN3O. The van der Waals surface area contributed by atoms with E-state index in [9.17, 15) is 0 Å². The van der Waals surface area contributed by atoms with Crippen LogP contribution in [0.2, 0.25) is 0 Å². The average Bonchev–Trinajstić information content (AvgIpc) is 3.20. The Morgan fingerprint density at radius 1 is 1.21 bits per heavy atom. The van der Waals surface area contributed by atoms with Crippen LogP contribution in [0, 0.1) is 5.41 Å². The fourth-order valence-electron chi connectivity index (χ4n) is 4.02. The Bertz CT molecular complexity index is 568. The topological polar surface area (TPSA) is 59.6 Å². The van der Waals surface area contributed by atoms with Crippen molar-refractivity contribution in [2.75, 3.05) is 25.6 Å². The van der Waals surface area contributed by atoms with Crippen molar-refractivity contribution in [2.24, 2.45) is 16.1 Å². The zero-order valence-corrected chi connectivity index (χ0v) is 17.0. The second kappa shape index (κ2) is 9.04. The number of nitrogens with zero attached hydrogens (tertiary/aromatic N) is 1. The Labute approximate surface area is 162 Å². The lowest BCUT2D eigenvalue weighted by Crippen LogP contribution is -2.28. The number of benzene rings is 1. The molecule has 0 aromatic heterocycles. The maximum atomic E-state index is 6.12. The molecular weight excluding hydrogens is 413 g/mol. The summed E-state index contributed by atoms with van der Waals surface area (Å²) in [5.41, 5.74) is 10.4. The lowest BCUT2D eigenvalue weighted by atomic mass is 9.83. The molecule has 1 fully saturated rings. The highest BCUT2D eigenvalue weighted by Gasteiger charge is 2.33. The summed E-state index contributed by atoms with van der Waals surface area (Å²) in [6, 6.07) is 6.55. The minimum absolute atomic E-state index is 0. The Morgan fingerprint density at radius 2 is 1.96 bits per heavy atom. The number of fused-ring (bicyclic) bond motifs is 1. The number of nitrogens with two attached hydrogens (primary N) is 1. The van der Waals surface area contributed by atoms with Crippen LogP contribution in [-0.2, 0) is 17.6 Å². The van der Waals surface area contributed by atoms with Crippen molar-refractivity contribution in [3.63, 3.8) is 0 Å². The zero-order valence-electron chi connectivity index (χ0n) is 14.6. The number of nitrogens with one attached hydrogen (secondary N) is 1. The lowest BCUT2D eigenvalue weighted by molar-refractivity contribution is 0.141. The first-order valence-electron chi connectivity index (χ1n) is 8.88. The third-order valence-corrected chi connectivity index (χ3v) is 5.46. The molecule has 0 heterocycles. The van der Waals surface area contributed by atoms with Gasteiger partial charge in [-0.3, -0.25) is 4.99 Å². The number of aliphatic imine (C=N–C) groups is 1. The number of hydrogen-bond donors (Lipinski definition) is 2. The van der Waals surface area contributed by atoms with Gasteiger partial charge in [-0.1, -0.05) is 18.9 Å². The van der Waals surface area contributed by atoms with Gasteiger partial charge in [-0.25, -0.2) is 0 Å². The summed E-state index contributed by atoms with van der Waals surface area (Å²) in [4.78, 5) is 4.65. The zero-order chi connectivity index (χ0) is 16.1. The summed E-state index contributed by atoms with van der Waals surface area (Å²) >= 11 is 0. The molecule has 0 unspecified atom stereocenters. The molecule has 0 spiro atoms. The molecule has 0 atom stereocenters. The standard InChI is InChI=1S/C19H29N3O.HI/c1-23-12-11-19(9-2-3-10-19)14-21-18(20)22-17-8-7-15-5-4-6-16(15)13-17;/h7-8,13H,2-6,9-12,14H2,1H3,(H3,20,21,22);1H. The van der Waals surface area contributed by atoms with Crippen LogP contribution in [0.15, 0.2) is 23.2 Å². The summed E-state index contributed by atoms with van der Waals surface area (Å²) in [5.74, 6) is 0.534. The number of ether oxygens (including phenoxy) is 1. The Balaban J connectivity index is 0.00000208. The van der Waals surface area contributed by atoms with Gasteiger partial charge in [-0.2, -0.15) is 0 Å². The van der Waals surface area contributed by atoms with Gasteiger partial charge in [0.2, 0.25) is 0 Å². The van der Waals surface area contributed by atoms with Crippen LogP contribution >= 0.6 is 24.0 Å². The van der Waals surface area contributed by atoms with Gasteiger partial charge < -0.3 is 15.8 Å². The van der Waals surface area contributed by atoms with Crippen LogP contribution in [0.3, 0.4) is 0 Å². The van der Waals surface area contributed by atoms with Crippen LogP contribution in [0.25, 0.3) is 0 Å². The van der Waals surface area contributed by atoms with Crippen LogP contribution < -0.4 is 11.1 Å². The van der Waals surface area contributed by atoms with Gasteiger partial charge in [-0.05, 0) is 67.2 Å². The summed E-state index contributed by atoms with van der Waals surface area (Å²) in [5, 5.41) is 3.27. The Hall–Kier alpha value is -0.820. The molecule has 2 aliphatic rings. The van der Waals surface area contributed by atoms with Gasteiger partial charge in [0.05, 0.1) is 0 Å². The number of halogens is 1. The van der Waals surface area contributed by atoms with Gasteiger partial charge in [0.1, 0.15) is 0 Å². The van der Waals surface area contributed by atoms with E-state index in [0.717, 1.165) is 25.3 Å². The molecule has 4 nitrogen and oxygen atoms in total. The number of methoxy groups -OCH3 is 1. The number of rotatable bonds is 6. The fourth-order valence-corrected chi connectivity index (χ4v) is 4.02. The van der Waals surface area contributed by atoms with Crippen LogP contribution in [-0.4, -0.2) is 26.2 Å². The van der Waals surface area contributed by atoms with Crippen molar-refractivity contribution >= 4 is 35.6 Å². The van der Waals surface area contributed by atoms with Crippen molar-refractivity contribution in [1.82, 2.24) is 0 Å². The number of anilines is 1. The molecule has 2 aliphatic carbocycles. The predicted octanol–water partition coefficient (Wildman–Crippen LogP) is 4.12. The Morgan fingerprint density at radius 3 is 2.71 bits per heavy atom. The van der Waals surface area contributed by atoms with E-state index < -0.39 is 0 Å². The van der Waals surface area contributed by atoms with Crippen molar-refractivity contribution < 1.29 is 4.74 Å². The summed E-state index contributed by atoms with van der Waals surface area (Å²) in [6.45, 7) is 1.62. The highest BCUT2D eigenvalue weighted by molar-refractivity contribution is 14.0. The van der Waals surface area contributed by atoms with E-state index in [1.807, 2.05) is 0 Å². The van der Waals surface area contributed by atoms with E-state index in [1.54, 1.807) is 7.11 Å². The van der Waals surface area contributed by atoms with E-state index >= 15 is 0 Å². The number of aryl methyl sites for hydroxylation is 2. The van der Waals surface area contributed by atoms with Gasteiger partial charge in [0.25, 0.3) is 0 Å². The second-order valence-corrected chi connectivity index (χ2v) is 7.11. The van der Waals surface area contributed by atoms with Crippen molar-refractivity contribution in [3.8, 4) is 0 Å². The third-order valence-electron chi connectivity index (χ3n) is 5.46. The quantitative estimate of drug-likeness (QED) is 0.395. The third kappa shape index (κ3) is 4.85. The molecule has 0 aliphatic heterocycles. The second-order valence-electron chi connectivity index (χ2n) is 7.11. The molecule has 134 valence electrons. The normalized spacial score (nSPS) is 19.0. The highest BCUT2D eigenvalue weighted by atomic mass is 127. The van der Waals surface area contributed by atoms with E-state index in [2.05, 4.69) is 28.5 Å². The largest absolute Gasteiger partial charge is 0.385 e. The summed E-state index contributed by atoms with van der Waals surface area (Å²) in [7, 11) is 1.77. The molecule has 5 heteroatoms. The first-order chi connectivity index (χ1) is 11.2.